The number of nitrogens with zero attached hydrogens (tertiary/aromatic N) is 3. The average molecular weight is 443 g/mol. The molecule has 2 aromatic heterocycles. The SMILES string of the molecule is CCC=C(C)c1cc(NCc2nccc(C)n2)cc(C(/C=C\C=C\CC)=C(/C)C2CCC2)n1. The molecular weight excluding hydrogens is 404 g/mol. The first-order chi connectivity index (χ1) is 16.0. The van der Waals surface area contributed by atoms with Crippen LogP contribution in [0.5, 0.6) is 0 Å². The summed E-state index contributed by atoms with van der Waals surface area (Å²) < 4.78 is 0. The molecule has 0 unspecified atom stereocenters. The third-order valence-corrected chi connectivity index (χ3v) is 6.20. The molecular formula is C29H38N4. The molecule has 0 bridgehead atoms. The maximum atomic E-state index is 5.11. The Bertz CT molecular complexity index is 1060. The second kappa shape index (κ2) is 12.3. The molecule has 4 heteroatoms. The van der Waals surface area contributed by atoms with Crippen LogP contribution in [0.3, 0.4) is 0 Å². The van der Waals surface area contributed by atoms with Crippen molar-refractivity contribution in [3.63, 3.8) is 0 Å². The van der Waals surface area contributed by atoms with Crippen LogP contribution in [-0.4, -0.2) is 15.0 Å². The van der Waals surface area contributed by atoms with E-state index in [1.165, 1.54) is 36.0 Å². The third-order valence-electron chi connectivity index (χ3n) is 6.20. The highest BCUT2D eigenvalue weighted by molar-refractivity contribution is 5.78. The molecule has 1 aliphatic rings. The van der Waals surface area contributed by atoms with Crippen molar-refractivity contribution in [3.8, 4) is 0 Å². The maximum absolute atomic E-state index is 5.11. The normalized spacial score (nSPS) is 15.7. The number of nitrogens with one attached hydrogen (secondary N) is 1. The largest absolute Gasteiger partial charge is 0.378 e. The lowest BCUT2D eigenvalue weighted by molar-refractivity contribution is 0.369. The monoisotopic (exact) mass is 442 g/mol. The molecule has 1 fully saturated rings. The van der Waals surface area contributed by atoms with Crippen LogP contribution in [0, 0.1) is 12.8 Å². The van der Waals surface area contributed by atoms with E-state index in [1.807, 2.05) is 19.2 Å². The Hall–Kier alpha value is -3.01. The van der Waals surface area contributed by atoms with Crippen LogP contribution in [0.15, 0.2) is 60.3 Å². The minimum atomic E-state index is 0.580. The Morgan fingerprint density at radius 3 is 2.52 bits per heavy atom. The van der Waals surface area contributed by atoms with Gasteiger partial charge in [0.1, 0.15) is 5.82 Å². The summed E-state index contributed by atoms with van der Waals surface area (Å²) in [6.45, 7) is 11.3. The van der Waals surface area contributed by atoms with Crippen LogP contribution in [-0.2, 0) is 6.54 Å². The molecule has 0 aromatic carbocycles. The van der Waals surface area contributed by atoms with Gasteiger partial charge in [-0.25, -0.2) is 15.0 Å². The molecule has 0 amide bonds. The van der Waals surface area contributed by atoms with Gasteiger partial charge in [0.05, 0.1) is 17.9 Å². The predicted octanol–water partition coefficient (Wildman–Crippen LogP) is 7.70. The summed E-state index contributed by atoms with van der Waals surface area (Å²) in [6.07, 6.45) is 18.7. The van der Waals surface area contributed by atoms with Gasteiger partial charge in [-0.05, 0) is 81.7 Å². The number of pyridine rings is 1. The molecule has 2 aromatic rings. The maximum Gasteiger partial charge on any atom is 0.147 e. The lowest BCUT2D eigenvalue weighted by atomic mass is 9.78. The zero-order valence-corrected chi connectivity index (χ0v) is 20.9. The van der Waals surface area contributed by atoms with E-state index >= 15 is 0 Å². The minimum Gasteiger partial charge on any atom is -0.378 e. The van der Waals surface area contributed by atoms with Crippen molar-refractivity contribution >= 4 is 16.8 Å². The second-order valence-corrected chi connectivity index (χ2v) is 8.81. The molecule has 4 nitrogen and oxygen atoms in total. The van der Waals surface area contributed by atoms with Crippen molar-refractivity contribution in [1.82, 2.24) is 15.0 Å². The van der Waals surface area contributed by atoms with Crippen LogP contribution < -0.4 is 5.32 Å². The Morgan fingerprint density at radius 1 is 1.06 bits per heavy atom. The molecule has 0 atom stereocenters. The van der Waals surface area contributed by atoms with Crippen LogP contribution >= 0.6 is 0 Å². The highest BCUT2D eigenvalue weighted by atomic mass is 15.0. The van der Waals surface area contributed by atoms with Gasteiger partial charge in [-0.2, -0.15) is 0 Å². The fourth-order valence-electron chi connectivity index (χ4n) is 4.00. The van der Waals surface area contributed by atoms with E-state index in [0.717, 1.165) is 41.4 Å². The van der Waals surface area contributed by atoms with Gasteiger partial charge in [-0.15, -0.1) is 0 Å². The molecule has 1 N–H and O–H groups in total. The summed E-state index contributed by atoms with van der Waals surface area (Å²) in [5.74, 6) is 1.45. The Kier molecular flexibility index (Phi) is 9.17. The molecule has 0 saturated heterocycles. The first-order valence-electron chi connectivity index (χ1n) is 12.3. The standard InChI is InChI=1S/C29H38N4/c1-6-8-9-10-15-26(23(5)24-13-11-14-24)28-19-25(18-27(33-28)21(3)12-7-2)31-20-29-30-17-16-22(4)32-29/h8-10,12,15-19,24H,6-7,11,13-14,20H2,1-5H3,(H,31,33)/b9-8+,15-10-,21-12?,26-23-. The van der Waals surface area contributed by atoms with Crippen LogP contribution in [0.2, 0.25) is 0 Å². The predicted molar refractivity (Wildman–Crippen MR) is 141 cm³/mol. The lowest BCUT2D eigenvalue weighted by Crippen LogP contribution is -2.13. The molecule has 174 valence electrons. The van der Waals surface area contributed by atoms with Gasteiger partial charge in [0.15, 0.2) is 0 Å². The highest BCUT2D eigenvalue weighted by Crippen LogP contribution is 2.37. The van der Waals surface area contributed by atoms with Crippen LogP contribution in [0.1, 0.15) is 82.7 Å². The van der Waals surface area contributed by atoms with E-state index in [1.54, 1.807) is 0 Å². The Morgan fingerprint density at radius 2 is 1.85 bits per heavy atom. The van der Waals surface area contributed by atoms with E-state index in [4.69, 9.17) is 4.98 Å². The van der Waals surface area contributed by atoms with E-state index < -0.39 is 0 Å². The molecule has 1 aliphatic carbocycles. The zero-order chi connectivity index (χ0) is 23.6. The quantitative estimate of drug-likeness (QED) is 0.383. The first kappa shape index (κ1) is 24.6. The fraction of sp³-hybridized carbons (Fsp3) is 0.414. The number of rotatable bonds is 10. The zero-order valence-electron chi connectivity index (χ0n) is 20.9. The van der Waals surface area contributed by atoms with Crippen molar-refractivity contribution in [2.75, 3.05) is 5.32 Å². The summed E-state index contributed by atoms with van der Waals surface area (Å²) in [4.78, 5) is 14.0. The van der Waals surface area contributed by atoms with Crippen LogP contribution in [0.25, 0.3) is 11.1 Å². The smallest absolute Gasteiger partial charge is 0.147 e. The minimum absolute atomic E-state index is 0.580. The topological polar surface area (TPSA) is 50.7 Å². The second-order valence-electron chi connectivity index (χ2n) is 8.81. The van der Waals surface area contributed by atoms with Gasteiger partial charge in [0.25, 0.3) is 0 Å². The summed E-state index contributed by atoms with van der Waals surface area (Å²) in [7, 11) is 0. The molecule has 0 radical (unpaired) electrons. The van der Waals surface area contributed by atoms with Gasteiger partial charge in [0, 0.05) is 17.6 Å². The van der Waals surface area contributed by atoms with Gasteiger partial charge in [-0.1, -0.05) is 56.2 Å². The van der Waals surface area contributed by atoms with E-state index in [0.29, 0.717) is 12.5 Å². The van der Waals surface area contributed by atoms with Gasteiger partial charge < -0.3 is 5.32 Å². The summed E-state index contributed by atoms with van der Waals surface area (Å²) in [5.41, 5.74) is 7.93. The molecule has 0 spiro atoms. The van der Waals surface area contributed by atoms with E-state index in [9.17, 15) is 0 Å². The molecule has 3 rings (SSSR count). The van der Waals surface area contributed by atoms with Gasteiger partial charge in [-0.3, -0.25) is 0 Å². The lowest BCUT2D eigenvalue weighted by Gasteiger charge is -2.28. The highest BCUT2D eigenvalue weighted by Gasteiger charge is 2.22. The van der Waals surface area contributed by atoms with E-state index in [2.05, 4.69) is 85.5 Å². The van der Waals surface area contributed by atoms with Gasteiger partial charge in [0.2, 0.25) is 0 Å². The summed E-state index contributed by atoms with van der Waals surface area (Å²) in [5, 5.41) is 3.54. The fourth-order valence-corrected chi connectivity index (χ4v) is 4.00. The van der Waals surface area contributed by atoms with Gasteiger partial charge >= 0.3 is 0 Å². The number of anilines is 1. The van der Waals surface area contributed by atoms with Crippen molar-refractivity contribution in [1.29, 1.82) is 0 Å². The van der Waals surface area contributed by atoms with Crippen molar-refractivity contribution < 1.29 is 0 Å². The molecule has 0 aliphatic heterocycles. The number of aryl methyl sites for hydroxylation is 1. The third kappa shape index (κ3) is 6.98. The number of hydrogen-bond donors (Lipinski definition) is 1. The summed E-state index contributed by atoms with van der Waals surface area (Å²) in [6, 6.07) is 6.23. The molecule has 1 saturated carbocycles. The number of allylic oxidation sites excluding steroid dienone is 8. The van der Waals surface area contributed by atoms with Crippen LogP contribution in [0.4, 0.5) is 5.69 Å². The van der Waals surface area contributed by atoms with E-state index in [-0.39, 0.29) is 0 Å². The summed E-state index contributed by atoms with van der Waals surface area (Å²) >= 11 is 0. The number of aromatic nitrogens is 3. The number of hydrogen-bond acceptors (Lipinski definition) is 4. The molecule has 33 heavy (non-hydrogen) atoms. The first-order valence-corrected chi connectivity index (χ1v) is 12.3. The van der Waals surface area contributed by atoms with Crippen molar-refractivity contribution in [3.05, 3.63) is 83.3 Å². The van der Waals surface area contributed by atoms with Crippen molar-refractivity contribution in [2.24, 2.45) is 5.92 Å². The van der Waals surface area contributed by atoms with Crippen molar-refractivity contribution in [2.45, 2.75) is 73.3 Å². The Labute approximate surface area is 199 Å². The molecule has 2 heterocycles. The average Bonchev–Trinajstić information content (AvgIpc) is 2.76. The Balaban J connectivity index is 2.01.